The molecule has 4 N–H and O–H groups in total. The molecule has 0 aliphatic heterocycles. The highest BCUT2D eigenvalue weighted by molar-refractivity contribution is 5.76. The average Bonchev–Trinajstić information content (AvgIpc) is 2.44. The minimum absolute atomic E-state index is 0.448. The van der Waals surface area contributed by atoms with Crippen LogP contribution in [0.15, 0.2) is 30.7 Å². The zero-order chi connectivity index (χ0) is 13.5. The van der Waals surface area contributed by atoms with Gasteiger partial charge in [-0.25, -0.2) is 15.0 Å². The smallest absolute Gasteiger partial charge is 0.160 e. The van der Waals surface area contributed by atoms with E-state index in [1.165, 1.54) is 6.33 Å². The summed E-state index contributed by atoms with van der Waals surface area (Å²) < 4.78 is 4.96. The molecule has 7 heteroatoms. The number of anilines is 4. The van der Waals surface area contributed by atoms with Gasteiger partial charge in [-0.05, 0) is 12.1 Å². The van der Waals surface area contributed by atoms with Gasteiger partial charge in [-0.15, -0.1) is 0 Å². The molecule has 0 amide bonds. The van der Waals surface area contributed by atoms with Crippen LogP contribution in [-0.2, 0) is 4.74 Å². The Labute approximate surface area is 111 Å². The van der Waals surface area contributed by atoms with Crippen LogP contribution in [0.2, 0.25) is 0 Å². The Kier molecular flexibility index (Phi) is 4.46. The highest BCUT2D eigenvalue weighted by Crippen LogP contribution is 2.24. The summed E-state index contributed by atoms with van der Waals surface area (Å²) in [6.45, 7) is 1.20. The first-order chi connectivity index (χ1) is 9.31. The summed E-state index contributed by atoms with van der Waals surface area (Å²) in [6.07, 6.45) is 3.13. The van der Waals surface area contributed by atoms with Crippen molar-refractivity contribution in [3.8, 4) is 0 Å². The molecular formula is C12H16N6O. The first kappa shape index (κ1) is 13.0. The summed E-state index contributed by atoms with van der Waals surface area (Å²) in [6, 6.07) is 5.55. The molecule has 0 aliphatic rings. The number of ether oxygens (including phenoxy) is 1. The average molecular weight is 260 g/mol. The van der Waals surface area contributed by atoms with Gasteiger partial charge in [-0.2, -0.15) is 0 Å². The monoisotopic (exact) mass is 260 g/mol. The van der Waals surface area contributed by atoms with Crippen LogP contribution < -0.4 is 16.4 Å². The molecule has 7 nitrogen and oxygen atoms in total. The van der Waals surface area contributed by atoms with Crippen molar-refractivity contribution in [1.29, 1.82) is 0 Å². The summed E-state index contributed by atoms with van der Waals surface area (Å²) in [5.41, 5.74) is 6.44. The normalized spacial score (nSPS) is 10.2. The molecule has 0 saturated carbocycles. The van der Waals surface area contributed by atoms with Crippen LogP contribution in [0, 0.1) is 0 Å². The summed E-state index contributed by atoms with van der Waals surface area (Å²) >= 11 is 0. The van der Waals surface area contributed by atoms with Gasteiger partial charge in [0.2, 0.25) is 0 Å². The summed E-state index contributed by atoms with van der Waals surface area (Å²) in [4.78, 5) is 12.3. The number of nitrogens with one attached hydrogen (secondary N) is 2. The molecule has 2 heterocycles. The van der Waals surface area contributed by atoms with E-state index in [0.29, 0.717) is 36.3 Å². The maximum atomic E-state index is 5.99. The van der Waals surface area contributed by atoms with Crippen LogP contribution in [0.5, 0.6) is 0 Å². The fourth-order valence-electron chi connectivity index (χ4n) is 1.47. The molecule has 2 aromatic rings. The standard InChI is InChI=1S/C12H16N6O/c1-19-7-6-15-11-10(13)12(17-8-16-11)18-9-4-2-3-5-14-9/h2-5,8H,6-7,13H2,1H3,(H2,14,15,16,17,18). The number of aromatic nitrogens is 3. The highest BCUT2D eigenvalue weighted by atomic mass is 16.5. The number of nitrogen functional groups attached to an aromatic ring is 1. The Hall–Kier alpha value is -2.41. The Morgan fingerprint density at radius 2 is 2.05 bits per heavy atom. The van der Waals surface area contributed by atoms with Crippen LogP contribution in [0.25, 0.3) is 0 Å². The third-order valence-corrected chi connectivity index (χ3v) is 2.39. The Morgan fingerprint density at radius 1 is 1.21 bits per heavy atom. The van der Waals surface area contributed by atoms with E-state index in [1.54, 1.807) is 13.3 Å². The van der Waals surface area contributed by atoms with Crippen LogP contribution in [0.4, 0.5) is 23.1 Å². The molecule has 0 aromatic carbocycles. The Balaban J connectivity index is 2.11. The summed E-state index contributed by atoms with van der Waals surface area (Å²) in [5, 5.41) is 6.12. The van der Waals surface area contributed by atoms with Gasteiger partial charge in [0.1, 0.15) is 17.8 Å². The quantitative estimate of drug-likeness (QED) is 0.672. The zero-order valence-corrected chi connectivity index (χ0v) is 10.6. The van der Waals surface area contributed by atoms with Crippen LogP contribution in [-0.4, -0.2) is 35.2 Å². The number of hydrogen-bond donors (Lipinski definition) is 3. The van der Waals surface area contributed by atoms with Crippen molar-refractivity contribution in [2.24, 2.45) is 0 Å². The van der Waals surface area contributed by atoms with Gasteiger partial charge in [-0.3, -0.25) is 0 Å². The third kappa shape index (κ3) is 3.52. The van der Waals surface area contributed by atoms with Crippen molar-refractivity contribution >= 4 is 23.1 Å². The molecule has 0 saturated heterocycles. The minimum Gasteiger partial charge on any atom is -0.393 e. The highest BCUT2D eigenvalue weighted by Gasteiger charge is 2.07. The zero-order valence-electron chi connectivity index (χ0n) is 10.6. The number of methoxy groups -OCH3 is 1. The molecule has 0 aliphatic carbocycles. The molecule has 2 rings (SSSR count). The SMILES string of the molecule is COCCNc1ncnc(Nc2ccccn2)c1N. The molecular weight excluding hydrogens is 244 g/mol. The van der Waals surface area contributed by atoms with E-state index >= 15 is 0 Å². The molecule has 0 fully saturated rings. The lowest BCUT2D eigenvalue weighted by molar-refractivity contribution is 0.210. The van der Waals surface area contributed by atoms with Gasteiger partial charge < -0.3 is 21.1 Å². The van der Waals surface area contributed by atoms with E-state index in [-0.39, 0.29) is 0 Å². The number of pyridine rings is 1. The van der Waals surface area contributed by atoms with E-state index in [0.717, 1.165) is 0 Å². The van der Waals surface area contributed by atoms with Gasteiger partial charge in [-0.1, -0.05) is 6.07 Å². The van der Waals surface area contributed by atoms with E-state index in [9.17, 15) is 0 Å². The predicted molar refractivity (Wildman–Crippen MR) is 74.3 cm³/mol. The van der Waals surface area contributed by atoms with Gasteiger partial charge in [0.25, 0.3) is 0 Å². The van der Waals surface area contributed by atoms with E-state index in [4.69, 9.17) is 10.5 Å². The molecule has 2 aromatic heterocycles. The second kappa shape index (κ2) is 6.50. The van der Waals surface area contributed by atoms with Crippen molar-refractivity contribution in [3.63, 3.8) is 0 Å². The molecule has 0 bridgehead atoms. The third-order valence-electron chi connectivity index (χ3n) is 2.39. The second-order valence-corrected chi connectivity index (χ2v) is 3.74. The number of rotatable bonds is 6. The maximum absolute atomic E-state index is 5.99. The number of nitrogens with two attached hydrogens (primary N) is 1. The predicted octanol–water partition coefficient (Wildman–Crippen LogP) is 1.26. The first-order valence-electron chi connectivity index (χ1n) is 5.82. The van der Waals surface area contributed by atoms with Crippen molar-refractivity contribution in [2.75, 3.05) is 36.6 Å². The maximum Gasteiger partial charge on any atom is 0.160 e. The lowest BCUT2D eigenvalue weighted by Gasteiger charge is -2.11. The molecule has 0 atom stereocenters. The number of hydrogen-bond acceptors (Lipinski definition) is 7. The fraction of sp³-hybridized carbons (Fsp3) is 0.250. The fourth-order valence-corrected chi connectivity index (χ4v) is 1.47. The van der Waals surface area contributed by atoms with Gasteiger partial charge in [0.15, 0.2) is 11.6 Å². The van der Waals surface area contributed by atoms with Crippen LogP contribution in [0.1, 0.15) is 0 Å². The largest absolute Gasteiger partial charge is 0.393 e. The van der Waals surface area contributed by atoms with E-state index < -0.39 is 0 Å². The van der Waals surface area contributed by atoms with E-state index in [2.05, 4.69) is 25.6 Å². The molecule has 19 heavy (non-hydrogen) atoms. The van der Waals surface area contributed by atoms with Crippen LogP contribution >= 0.6 is 0 Å². The molecule has 0 spiro atoms. The lowest BCUT2D eigenvalue weighted by Crippen LogP contribution is -2.12. The molecule has 100 valence electrons. The van der Waals surface area contributed by atoms with Gasteiger partial charge in [0, 0.05) is 19.9 Å². The van der Waals surface area contributed by atoms with Gasteiger partial charge >= 0.3 is 0 Å². The molecule has 0 radical (unpaired) electrons. The van der Waals surface area contributed by atoms with Crippen molar-refractivity contribution in [3.05, 3.63) is 30.7 Å². The topological polar surface area (TPSA) is 98.0 Å². The Morgan fingerprint density at radius 3 is 2.79 bits per heavy atom. The summed E-state index contributed by atoms with van der Waals surface area (Å²) in [5.74, 6) is 1.77. The minimum atomic E-state index is 0.448. The van der Waals surface area contributed by atoms with Crippen LogP contribution in [0.3, 0.4) is 0 Å². The van der Waals surface area contributed by atoms with Crippen molar-refractivity contribution in [2.45, 2.75) is 0 Å². The first-order valence-corrected chi connectivity index (χ1v) is 5.82. The van der Waals surface area contributed by atoms with Crippen molar-refractivity contribution < 1.29 is 4.74 Å². The summed E-state index contributed by atoms with van der Waals surface area (Å²) in [7, 11) is 1.64. The Bertz CT molecular complexity index is 519. The van der Waals surface area contributed by atoms with E-state index in [1.807, 2.05) is 18.2 Å². The number of nitrogens with zero attached hydrogens (tertiary/aromatic N) is 3. The van der Waals surface area contributed by atoms with Crippen molar-refractivity contribution in [1.82, 2.24) is 15.0 Å². The lowest BCUT2D eigenvalue weighted by atomic mass is 10.4. The van der Waals surface area contributed by atoms with Gasteiger partial charge in [0.05, 0.1) is 6.61 Å². The second-order valence-electron chi connectivity index (χ2n) is 3.74. The molecule has 0 unspecified atom stereocenters.